The number of halogens is 1. The fraction of sp³-hybridized carbons (Fsp3) is 0.250. The van der Waals surface area contributed by atoms with Gasteiger partial charge in [-0.15, -0.1) is 0 Å². The minimum atomic E-state index is -1.11. The maximum Gasteiger partial charge on any atom is 0.341 e. The molecule has 2 aromatic rings. The van der Waals surface area contributed by atoms with Crippen molar-refractivity contribution < 1.29 is 14.6 Å². The Balaban J connectivity index is 2.49. The highest BCUT2D eigenvalue weighted by molar-refractivity contribution is 6.29. The molecule has 0 bridgehead atoms. The number of aromatic carboxylic acids is 1. The molecule has 0 saturated heterocycles. The molecule has 0 aliphatic heterocycles. The predicted molar refractivity (Wildman–Crippen MR) is 81.4 cm³/mol. The van der Waals surface area contributed by atoms with E-state index in [1.54, 1.807) is 6.07 Å². The summed E-state index contributed by atoms with van der Waals surface area (Å²) in [5.41, 5.74) is 0.796. The minimum Gasteiger partial charge on any atom is -0.477 e. The number of hydrogen-bond acceptors (Lipinski definition) is 3. The number of aromatic nitrogens is 1. The molecule has 5 heteroatoms. The van der Waals surface area contributed by atoms with Crippen molar-refractivity contribution in [2.45, 2.75) is 26.2 Å². The molecule has 0 aliphatic carbocycles. The van der Waals surface area contributed by atoms with Crippen LogP contribution >= 0.6 is 11.6 Å². The molecule has 1 heterocycles. The summed E-state index contributed by atoms with van der Waals surface area (Å²) in [6.45, 7) is 6.16. The van der Waals surface area contributed by atoms with Crippen molar-refractivity contribution in [1.29, 1.82) is 0 Å². The third kappa shape index (κ3) is 3.52. The lowest BCUT2D eigenvalue weighted by atomic mass is 9.86. The van der Waals surface area contributed by atoms with Gasteiger partial charge in [0.25, 0.3) is 0 Å². The van der Waals surface area contributed by atoms with Gasteiger partial charge in [0.1, 0.15) is 16.5 Å². The number of pyridine rings is 1. The summed E-state index contributed by atoms with van der Waals surface area (Å²) >= 11 is 5.83. The zero-order valence-corrected chi connectivity index (χ0v) is 12.8. The predicted octanol–water partition coefficient (Wildman–Crippen LogP) is 4.52. The van der Waals surface area contributed by atoms with E-state index in [1.807, 2.05) is 18.2 Å². The second-order valence-corrected chi connectivity index (χ2v) is 6.03. The average Bonchev–Trinajstić information content (AvgIpc) is 2.37. The summed E-state index contributed by atoms with van der Waals surface area (Å²) in [4.78, 5) is 15.2. The van der Waals surface area contributed by atoms with Gasteiger partial charge in [-0.3, -0.25) is 0 Å². The highest BCUT2D eigenvalue weighted by atomic mass is 35.5. The number of rotatable bonds is 3. The summed E-state index contributed by atoms with van der Waals surface area (Å²) in [7, 11) is 0. The number of carboxylic acid groups (broad SMARTS) is 1. The van der Waals surface area contributed by atoms with Gasteiger partial charge in [-0.1, -0.05) is 50.6 Å². The fourth-order valence-corrected chi connectivity index (χ4v) is 2.08. The first-order chi connectivity index (χ1) is 9.79. The van der Waals surface area contributed by atoms with E-state index in [9.17, 15) is 9.90 Å². The maximum absolute atomic E-state index is 11.2. The highest BCUT2D eigenvalue weighted by Crippen LogP contribution is 2.34. The van der Waals surface area contributed by atoms with Crippen LogP contribution in [0.25, 0.3) is 0 Å². The Morgan fingerprint density at radius 1 is 1.19 bits per heavy atom. The van der Waals surface area contributed by atoms with Crippen LogP contribution < -0.4 is 4.74 Å². The Morgan fingerprint density at radius 3 is 2.48 bits per heavy atom. The Hall–Kier alpha value is -2.07. The molecule has 0 spiro atoms. The molecule has 1 aromatic heterocycles. The zero-order chi connectivity index (χ0) is 15.6. The molecule has 21 heavy (non-hydrogen) atoms. The summed E-state index contributed by atoms with van der Waals surface area (Å²) in [5, 5.41) is 9.38. The molecule has 0 amide bonds. The standard InChI is InChI=1S/C16H16ClNO3/c1-16(2,3)11-6-4-5-7-12(11)21-14-10(15(19)20)8-9-13(17)18-14/h4-9H,1-3H3,(H,19,20). The summed E-state index contributed by atoms with van der Waals surface area (Å²) < 4.78 is 5.73. The first-order valence-corrected chi connectivity index (χ1v) is 6.84. The Kier molecular flexibility index (Phi) is 4.19. The zero-order valence-electron chi connectivity index (χ0n) is 12.1. The lowest BCUT2D eigenvalue weighted by Gasteiger charge is -2.22. The monoisotopic (exact) mass is 305 g/mol. The van der Waals surface area contributed by atoms with Crippen LogP contribution in [0.4, 0.5) is 0 Å². The Bertz CT molecular complexity index is 677. The number of para-hydroxylation sites is 1. The van der Waals surface area contributed by atoms with Crippen LogP contribution in [0.1, 0.15) is 36.7 Å². The van der Waals surface area contributed by atoms with Gasteiger partial charge in [0.2, 0.25) is 5.88 Å². The second kappa shape index (κ2) is 5.74. The largest absolute Gasteiger partial charge is 0.477 e. The van der Waals surface area contributed by atoms with Gasteiger partial charge in [-0.25, -0.2) is 9.78 Å². The van der Waals surface area contributed by atoms with E-state index in [0.717, 1.165) is 5.56 Å². The number of benzene rings is 1. The van der Waals surface area contributed by atoms with E-state index in [1.165, 1.54) is 12.1 Å². The van der Waals surface area contributed by atoms with Crippen molar-refractivity contribution in [3.63, 3.8) is 0 Å². The molecule has 0 radical (unpaired) electrons. The van der Waals surface area contributed by atoms with Crippen molar-refractivity contribution in [2.75, 3.05) is 0 Å². The van der Waals surface area contributed by atoms with Gasteiger partial charge in [0, 0.05) is 5.56 Å². The van der Waals surface area contributed by atoms with E-state index < -0.39 is 5.97 Å². The molecule has 110 valence electrons. The third-order valence-electron chi connectivity index (χ3n) is 2.96. The molecule has 0 unspecified atom stereocenters. The van der Waals surface area contributed by atoms with Crippen LogP contribution in [0, 0.1) is 0 Å². The molecule has 0 atom stereocenters. The van der Waals surface area contributed by atoms with Gasteiger partial charge >= 0.3 is 5.97 Å². The lowest BCUT2D eigenvalue weighted by molar-refractivity contribution is 0.0693. The SMILES string of the molecule is CC(C)(C)c1ccccc1Oc1nc(Cl)ccc1C(=O)O. The topological polar surface area (TPSA) is 59.4 Å². The van der Waals surface area contributed by atoms with Crippen LogP contribution in [-0.2, 0) is 5.41 Å². The number of carboxylic acids is 1. The minimum absolute atomic E-state index is 0.00769. The first-order valence-electron chi connectivity index (χ1n) is 6.46. The van der Waals surface area contributed by atoms with Gasteiger partial charge in [-0.2, -0.15) is 0 Å². The van der Waals surface area contributed by atoms with E-state index in [0.29, 0.717) is 5.75 Å². The maximum atomic E-state index is 11.2. The smallest absolute Gasteiger partial charge is 0.341 e. The van der Waals surface area contributed by atoms with Crippen molar-refractivity contribution in [3.05, 3.63) is 52.7 Å². The molecular weight excluding hydrogens is 290 g/mol. The van der Waals surface area contributed by atoms with E-state index in [2.05, 4.69) is 25.8 Å². The van der Waals surface area contributed by atoms with Crippen LogP contribution in [0.15, 0.2) is 36.4 Å². The summed E-state index contributed by atoms with van der Waals surface area (Å²) in [6, 6.07) is 10.3. The third-order valence-corrected chi connectivity index (χ3v) is 3.17. The van der Waals surface area contributed by atoms with Gasteiger partial charge in [0.15, 0.2) is 0 Å². The van der Waals surface area contributed by atoms with Crippen LogP contribution in [-0.4, -0.2) is 16.1 Å². The van der Waals surface area contributed by atoms with Crippen molar-refractivity contribution in [2.24, 2.45) is 0 Å². The van der Waals surface area contributed by atoms with Crippen LogP contribution in [0.2, 0.25) is 5.15 Å². The second-order valence-electron chi connectivity index (χ2n) is 5.64. The molecule has 2 rings (SSSR count). The molecule has 4 nitrogen and oxygen atoms in total. The molecule has 0 fully saturated rings. The van der Waals surface area contributed by atoms with Gasteiger partial charge < -0.3 is 9.84 Å². The number of hydrogen-bond donors (Lipinski definition) is 1. The van der Waals surface area contributed by atoms with Gasteiger partial charge in [0.05, 0.1) is 0 Å². The summed E-state index contributed by atoms with van der Waals surface area (Å²) in [5.74, 6) is -0.545. The Morgan fingerprint density at radius 2 is 1.86 bits per heavy atom. The molecular formula is C16H16ClNO3. The number of ether oxygens (including phenoxy) is 1. The molecule has 1 aromatic carbocycles. The first kappa shape index (κ1) is 15.3. The van der Waals surface area contributed by atoms with Crippen molar-refractivity contribution in [3.8, 4) is 11.6 Å². The average molecular weight is 306 g/mol. The molecule has 0 saturated carbocycles. The van der Waals surface area contributed by atoms with Crippen molar-refractivity contribution in [1.82, 2.24) is 4.98 Å². The van der Waals surface area contributed by atoms with E-state index in [-0.39, 0.29) is 22.0 Å². The quantitative estimate of drug-likeness (QED) is 0.847. The van der Waals surface area contributed by atoms with E-state index in [4.69, 9.17) is 16.3 Å². The molecule has 1 N–H and O–H groups in total. The number of carbonyl (C=O) groups is 1. The van der Waals surface area contributed by atoms with Crippen LogP contribution in [0.5, 0.6) is 11.6 Å². The normalized spacial score (nSPS) is 11.2. The fourth-order valence-electron chi connectivity index (χ4n) is 1.94. The highest BCUT2D eigenvalue weighted by Gasteiger charge is 2.21. The summed E-state index contributed by atoms with van der Waals surface area (Å²) in [6.07, 6.45) is 0. The van der Waals surface area contributed by atoms with Crippen molar-refractivity contribution >= 4 is 17.6 Å². The molecule has 0 aliphatic rings. The van der Waals surface area contributed by atoms with Gasteiger partial charge in [-0.05, 0) is 23.6 Å². The lowest BCUT2D eigenvalue weighted by Crippen LogP contribution is -2.13. The van der Waals surface area contributed by atoms with E-state index >= 15 is 0 Å². The van der Waals surface area contributed by atoms with Crippen LogP contribution in [0.3, 0.4) is 0 Å². The number of nitrogens with zero attached hydrogens (tertiary/aromatic N) is 1. The Labute approximate surface area is 128 Å².